The lowest BCUT2D eigenvalue weighted by Crippen LogP contribution is -2.29. The second-order valence-electron chi connectivity index (χ2n) is 4.75. The van der Waals surface area contributed by atoms with Crippen molar-refractivity contribution in [2.24, 2.45) is 0 Å². The summed E-state index contributed by atoms with van der Waals surface area (Å²) < 4.78 is 5.62. The molecule has 2 fully saturated rings. The van der Waals surface area contributed by atoms with E-state index < -0.39 is 0 Å². The molecule has 1 saturated carbocycles. The minimum Gasteiger partial charge on any atom is -0.378 e. The highest BCUT2D eigenvalue weighted by Crippen LogP contribution is 2.28. The monoisotopic (exact) mass is 229 g/mol. The molecule has 2 aliphatic rings. The molecule has 0 aromatic heterocycles. The highest BCUT2D eigenvalue weighted by molar-refractivity contribution is 7.99. The van der Waals surface area contributed by atoms with Gasteiger partial charge in [0.25, 0.3) is 0 Å². The van der Waals surface area contributed by atoms with Crippen LogP contribution >= 0.6 is 11.8 Å². The van der Waals surface area contributed by atoms with Gasteiger partial charge in [0.1, 0.15) is 0 Å². The molecule has 15 heavy (non-hydrogen) atoms. The molecule has 0 aromatic rings. The van der Waals surface area contributed by atoms with E-state index in [1.165, 1.54) is 38.5 Å². The van der Waals surface area contributed by atoms with Crippen LogP contribution in [-0.4, -0.2) is 36.8 Å². The Morgan fingerprint density at radius 1 is 1.33 bits per heavy atom. The third kappa shape index (κ3) is 3.65. The van der Waals surface area contributed by atoms with Crippen molar-refractivity contribution in [3.63, 3.8) is 0 Å². The first-order valence-corrected chi connectivity index (χ1v) is 7.55. The van der Waals surface area contributed by atoms with E-state index in [1.807, 2.05) is 11.8 Å². The Labute approximate surface area is 97.5 Å². The average molecular weight is 229 g/mol. The molecule has 1 heterocycles. The van der Waals surface area contributed by atoms with Crippen LogP contribution in [0.3, 0.4) is 0 Å². The lowest BCUT2D eigenvalue weighted by atomic mass is 10.1. The van der Waals surface area contributed by atoms with Crippen molar-refractivity contribution in [2.45, 2.75) is 55.9 Å². The van der Waals surface area contributed by atoms with Crippen LogP contribution < -0.4 is 5.32 Å². The fourth-order valence-electron chi connectivity index (χ4n) is 2.66. The third-order valence-electron chi connectivity index (χ3n) is 3.64. The zero-order valence-corrected chi connectivity index (χ0v) is 10.5. The van der Waals surface area contributed by atoms with Crippen LogP contribution in [0.1, 0.15) is 38.5 Å². The summed E-state index contributed by atoms with van der Waals surface area (Å²) in [6, 6.07) is 0.781. The zero-order chi connectivity index (χ0) is 10.5. The van der Waals surface area contributed by atoms with Crippen molar-refractivity contribution in [2.75, 3.05) is 19.4 Å². The van der Waals surface area contributed by atoms with Crippen molar-refractivity contribution in [3.8, 4) is 0 Å². The standard InChI is InChI=1S/C12H23NOS/c1-15-12-5-4-10(9-12)13-7-6-11-3-2-8-14-11/h10-13H,2-9H2,1H3. The van der Waals surface area contributed by atoms with Gasteiger partial charge >= 0.3 is 0 Å². The van der Waals surface area contributed by atoms with Crippen molar-refractivity contribution in [1.29, 1.82) is 0 Å². The molecule has 3 atom stereocenters. The van der Waals surface area contributed by atoms with Gasteiger partial charge in [-0.15, -0.1) is 0 Å². The van der Waals surface area contributed by atoms with Gasteiger partial charge < -0.3 is 10.1 Å². The van der Waals surface area contributed by atoms with E-state index in [0.717, 1.165) is 24.4 Å². The molecule has 0 spiro atoms. The van der Waals surface area contributed by atoms with Gasteiger partial charge in [0, 0.05) is 17.9 Å². The van der Waals surface area contributed by atoms with E-state index in [1.54, 1.807) is 0 Å². The SMILES string of the molecule is CSC1CCC(NCCC2CCCO2)C1. The predicted octanol–water partition coefficient (Wildman–Crippen LogP) is 2.43. The fourth-order valence-corrected chi connectivity index (χ4v) is 3.46. The minimum atomic E-state index is 0.551. The van der Waals surface area contributed by atoms with Crippen LogP contribution in [0.15, 0.2) is 0 Å². The van der Waals surface area contributed by atoms with Crippen molar-refractivity contribution in [1.82, 2.24) is 5.32 Å². The van der Waals surface area contributed by atoms with Gasteiger partial charge in [0.15, 0.2) is 0 Å². The molecule has 0 radical (unpaired) electrons. The summed E-state index contributed by atoms with van der Waals surface area (Å²) in [6.07, 6.45) is 10.7. The fraction of sp³-hybridized carbons (Fsp3) is 1.00. The van der Waals surface area contributed by atoms with Crippen LogP contribution in [0, 0.1) is 0 Å². The van der Waals surface area contributed by atoms with Crippen molar-refractivity contribution < 1.29 is 4.74 Å². The smallest absolute Gasteiger partial charge is 0.0588 e. The molecule has 0 bridgehead atoms. The second kappa shape index (κ2) is 6.12. The van der Waals surface area contributed by atoms with Crippen LogP contribution in [-0.2, 0) is 4.74 Å². The molecule has 0 amide bonds. The van der Waals surface area contributed by atoms with Crippen molar-refractivity contribution in [3.05, 3.63) is 0 Å². The first kappa shape index (κ1) is 11.7. The number of ether oxygens (including phenoxy) is 1. The highest BCUT2D eigenvalue weighted by atomic mass is 32.2. The van der Waals surface area contributed by atoms with Gasteiger partial charge in [-0.2, -0.15) is 11.8 Å². The summed E-state index contributed by atoms with van der Waals surface area (Å²) in [4.78, 5) is 0. The molecule has 1 saturated heterocycles. The first-order valence-electron chi connectivity index (χ1n) is 6.26. The number of thioether (sulfide) groups is 1. The Balaban J connectivity index is 1.54. The summed E-state index contributed by atoms with van der Waals surface area (Å²) in [5, 5.41) is 4.59. The zero-order valence-electron chi connectivity index (χ0n) is 9.71. The van der Waals surface area contributed by atoms with E-state index in [-0.39, 0.29) is 0 Å². The number of nitrogens with one attached hydrogen (secondary N) is 1. The summed E-state index contributed by atoms with van der Waals surface area (Å²) in [6.45, 7) is 2.14. The quantitative estimate of drug-likeness (QED) is 0.782. The Kier molecular flexibility index (Phi) is 4.79. The van der Waals surface area contributed by atoms with Gasteiger partial charge in [-0.25, -0.2) is 0 Å². The lowest BCUT2D eigenvalue weighted by molar-refractivity contribution is 0.103. The Morgan fingerprint density at radius 3 is 2.93 bits per heavy atom. The number of rotatable bonds is 5. The highest BCUT2D eigenvalue weighted by Gasteiger charge is 2.23. The van der Waals surface area contributed by atoms with E-state index in [9.17, 15) is 0 Å². The average Bonchev–Trinajstić information content (AvgIpc) is 2.88. The first-order chi connectivity index (χ1) is 7.38. The largest absolute Gasteiger partial charge is 0.378 e. The summed E-state index contributed by atoms with van der Waals surface area (Å²) in [7, 11) is 0. The molecular formula is C12H23NOS. The van der Waals surface area contributed by atoms with E-state index in [4.69, 9.17) is 4.74 Å². The molecule has 1 aliphatic heterocycles. The summed E-state index contributed by atoms with van der Waals surface area (Å²) >= 11 is 2.03. The third-order valence-corrected chi connectivity index (χ3v) is 4.74. The Morgan fingerprint density at radius 2 is 2.27 bits per heavy atom. The van der Waals surface area contributed by atoms with E-state index in [0.29, 0.717) is 6.10 Å². The van der Waals surface area contributed by atoms with Crippen LogP contribution in [0.4, 0.5) is 0 Å². The maximum atomic E-state index is 5.62. The van der Waals surface area contributed by atoms with Crippen LogP contribution in [0.25, 0.3) is 0 Å². The molecule has 88 valence electrons. The molecule has 2 nitrogen and oxygen atoms in total. The number of hydrogen-bond donors (Lipinski definition) is 1. The van der Waals surface area contributed by atoms with E-state index >= 15 is 0 Å². The van der Waals surface area contributed by atoms with Crippen molar-refractivity contribution >= 4 is 11.8 Å². The second-order valence-corrected chi connectivity index (χ2v) is 5.88. The molecule has 1 N–H and O–H groups in total. The number of hydrogen-bond acceptors (Lipinski definition) is 3. The molecule has 3 heteroatoms. The predicted molar refractivity (Wildman–Crippen MR) is 66.5 cm³/mol. The van der Waals surface area contributed by atoms with Gasteiger partial charge in [-0.05, 0) is 51.3 Å². The molecule has 0 aromatic carbocycles. The van der Waals surface area contributed by atoms with Crippen LogP contribution in [0.2, 0.25) is 0 Å². The van der Waals surface area contributed by atoms with Gasteiger partial charge in [-0.1, -0.05) is 0 Å². The normalized spacial score (nSPS) is 36.2. The maximum absolute atomic E-state index is 5.62. The molecule has 3 unspecified atom stereocenters. The Bertz CT molecular complexity index is 182. The van der Waals surface area contributed by atoms with E-state index in [2.05, 4.69) is 11.6 Å². The Hall–Kier alpha value is 0.270. The van der Waals surface area contributed by atoms with Crippen LogP contribution in [0.5, 0.6) is 0 Å². The lowest BCUT2D eigenvalue weighted by Gasteiger charge is -2.14. The van der Waals surface area contributed by atoms with Gasteiger partial charge in [0.05, 0.1) is 6.10 Å². The molecule has 1 aliphatic carbocycles. The topological polar surface area (TPSA) is 21.3 Å². The maximum Gasteiger partial charge on any atom is 0.0588 e. The summed E-state index contributed by atoms with van der Waals surface area (Å²) in [5.41, 5.74) is 0. The van der Waals surface area contributed by atoms with Gasteiger partial charge in [0.2, 0.25) is 0 Å². The minimum absolute atomic E-state index is 0.551. The van der Waals surface area contributed by atoms with Gasteiger partial charge in [-0.3, -0.25) is 0 Å². The molecule has 2 rings (SSSR count). The summed E-state index contributed by atoms with van der Waals surface area (Å²) in [5.74, 6) is 0. The molecular weight excluding hydrogens is 206 g/mol.